The maximum absolute atomic E-state index is 5.71. The molecule has 182 valence electrons. The zero-order valence-electron chi connectivity index (χ0n) is 20.5. The predicted molar refractivity (Wildman–Crippen MR) is 160 cm³/mol. The van der Waals surface area contributed by atoms with E-state index in [0.29, 0.717) is 13.2 Å². The molecule has 1 aliphatic heterocycles. The lowest BCUT2D eigenvalue weighted by atomic mass is 9.79. The van der Waals surface area contributed by atoms with Gasteiger partial charge in [0, 0.05) is 37.4 Å². The van der Waals surface area contributed by atoms with Gasteiger partial charge in [0.15, 0.2) is 0 Å². The summed E-state index contributed by atoms with van der Waals surface area (Å²) >= 11 is 3.59. The highest BCUT2D eigenvalue weighted by molar-refractivity contribution is 9.10. The third-order valence-electron chi connectivity index (χ3n) is 7.60. The van der Waals surface area contributed by atoms with Gasteiger partial charge >= 0.3 is 7.12 Å². The van der Waals surface area contributed by atoms with Crippen LogP contribution in [0.4, 0.5) is 0 Å². The molecule has 0 unspecified atom stereocenters. The third kappa shape index (κ3) is 3.24. The Morgan fingerprint density at radius 3 is 1.53 bits per heavy atom. The largest absolute Gasteiger partial charge is 0.494 e. The number of hydrogen-bond donors (Lipinski definition) is 0. The summed E-state index contributed by atoms with van der Waals surface area (Å²) in [5.41, 5.74) is 8.11. The average molecular weight is 557 g/mol. The summed E-state index contributed by atoms with van der Waals surface area (Å²) in [5, 5.41) is 5.06. The fourth-order valence-electron chi connectivity index (χ4n) is 6.00. The smallest absolute Gasteiger partial charge is 0.405 e. The van der Waals surface area contributed by atoms with E-state index in [0.717, 1.165) is 21.3 Å². The first-order valence-electron chi connectivity index (χ1n) is 12.8. The van der Waals surface area contributed by atoms with E-state index in [-0.39, 0.29) is 7.12 Å². The van der Waals surface area contributed by atoms with E-state index in [2.05, 4.69) is 134 Å². The number of halogens is 1. The normalized spacial score (nSPS) is 14.0. The minimum Gasteiger partial charge on any atom is -0.405 e. The summed E-state index contributed by atoms with van der Waals surface area (Å²) in [5.74, 6) is 0. The maximum atomic E-state index is 5.71. The van der Waals surface area contributed by atoms with Crippen LogP contribution >= 0.6 is 15.9 Å². The molecule has 1 aliphatic rings. The first-order valence-corrected chi connectivity index (χ1v) is 13.6. The molecule has 0 N–H and O–H groups in total. The molecular formula is C32H22BBrN2O2. The molecule has 38 heavy (non-hydrogen) atoms. The SMILES string of the molecule is Brc1ccc(-n2c3ccccc3c3c4c5ccccc5n(-c5ccc(B6OCCO6)cc5)c4ccc32)cc1. The molecule has 0 radical (unpaired) electrons. The van der Waals surface area contributed by atoms with Crippen molar-refractivity contribution in [3.8, 4) is 11.4 Å². The van der Waals surface area contributed by atoms with Gasteiger partial charge < -0.3 is 18.4 Å². The van der Waals surface area contributed by atoms with Crippen molar-refractivity contribution in [1.29, 1.82) is 0 Å². The van der Waals surface area contributed by atoms with Crippen LogP contribution in [0.25, 0.3) is 55.0 Å². The number of fused-ring (bicyclic) bond motifs is 7. The summed E-state index contributed by atoms with van der Waals surface area (Å²) < 4.78 is 17.2. The van der Waals surface area contributed by atoms with Gasteiger partial charge in [-0.25, -0.2) is 0 Å². The minimum absolute atomic E-state index is 0.272. The molecule has 0 aliphatic carbocycles. The second kappa shape index (κ2) is 8.60. The topological polar surface area (TPSA) is 28.3 Å². The van der Waals surface area contributed by atoms with E-state index < -0.39 is 0 Å². The maximum Gasteiger partial charge on any atom is 0.494 e. The van der Waals surface area contributed by atoms with E-state index in [1.807, 2.05) is 0 Å². The van der Waals surface area contributed by atoms with Crippen molar-refractivity contribution in [3.05, 3.63) is 114 Å². The van der Waals surface area contributed by atoms with Gasteiger partial charge in [0.25, 0.3) is 0 Å². The molecule has 0 amide bonds. The zero-order chi connectivity index (χ0) is 25.2. The van der Waals surface area contributed by atoms with Crippen molar-refractivity contribution in [2.75, 3.05) is 13.2 Å². The molecule has 0 atom stereocenters. The van der Waals surface area contributed by atoms with Gasteiger partial charge in [0.05, 0.1) is 35.3 Å². The lowest BCUT2D eigenvalue weighted by Gasteiger charge is -2.10. The van der Waals surface area contributed by atoms with E-state index >= 15 is 0 Å². The van der Waals surface area contributed by atoms with Gasteiger partial charge in [-0.05, 0) is 66.1 Å². The number of rotatable bonds is 3. The Labute approximate surface area is 228 Å². The molecule has 1 saturated heterocycles. The van der Waals surface area contributed by atoms with Crippen molar-refractivity contribution in [1.82, 2.24) is 9.13 Å². The van der Waals surface area contributed by atoms with Crippen molar-refractivity contribution in [2.24, 2.45) is 0 Å². The van der Waals surface area contributed by atoms with E-state index in [9.17, 15) is 0 Å². The van der Waals surface area contributed by atoms with Crippen LogP contribution in [-0.2, 0) is 9.31 Å². The zero-order valence-corrected chi connectivity index (χ0v) is 22.1. The fraction of sp³-hybridized carbons (Fsp3) is 0.0625. The first-order chi connectivity index (χ1) is 18.8. The first kappa shape index (κ1) is 22.2. The Morgan fingerprint density at radius 2 is 1.00 bits per heavy atom. The molecule has 0 spiro atoms. The summed E-state index contributed by atoms with van der Waals surface area (Å²) in [6, 6.07) is 39.1. The Balaban J connectivity index is 1.45. The fourth-order valence-corrected chi connectivity index (χ4v) is 6.26. The van der Waals surface area contributed by atoms with E-state index in [1.54, 1.807) is 0 Å². The van der Waals surface area contributed by atoms with Crippen molar-refractivity contribution < 1.29 is 9.31 Å². The van der Waals surface area contributed by atoms with Crippen LogP contribution < -0.4 is 5.46 Å². The van der Waals surface area contributed by atoms with Gasteiger partial charge in [-0.1, -0.05) is 64.5 Å². The van der Waals surface area contributed by atoms with Gasteiger partial charge in [0.2, 0.25) is 0 Å². The number of para-hydroxylation sites is 2. The summed E-state index contributed by atoms with van der Waals surface area (Å²) in [4.78, 5) is 0. The van der Waals surface area contributed by atoms with Crippen LogP contribution in [0.5, 0.6) is 0 Å². The molecule has 0 bridgehead atoms. The van der Waals surface area contributed by atoms with Crippen LogP contribution in [0.2, 0.25) is 0 Å². The molecule has 0 saturated carbocycles. The van der Waals surface area contributed by atoms with Crippen molar-refractivity contribution in [2.45, 2.75) is 0 Å². The summed E-state index contributed by atoms with van der Waals surface area (Å²) in [6.45, 7) is 1.28. The highest BCUT2D eigenvalue weighted by atomic mass is 79.9. The lowest BCUT2D eigenvalue weighted by molar-refractivity contribution is 0.365. The van der Waals surface area contributed by atoms with E-state index in [1.165, 1.54) is 43.6 Å². The van der Waals surface area contributed by atoms with Crippen LogP contribution in [0.15, 0.2) is 114 Å². The molecule has 1 fully saturated rings. The number of nitrogens with zero attached hydrogens (tertiary/aromatic N) is 2. The summed E-state index contributed by atoms with van der Waals surface area (Å²) in [6.07, 6.45) is 0. The summed E-state index contributed by atoms with van der Waals surface area (Å²) in [7, 11) is -0.272. The Hall–Kier alpha value is -3.84. The predicted octanol–water partition coefficient (Wildman–Crippen LogP) is 7.39. The Kier molecular flexibility index (Phi) is 5.02. The van der Waals surface area contributed by atoms with E-state index in [4.69, 9.17) is 9.31 Å². The molecule has 7 aromatic rings. The lowest BCUT2D eigenvalue weighted by Crippen LogP contribution is -2.31. The molecule has 3 heterocycles. The second-order valence-electron chi connectivity index (χ2n) is 9.70. The highest BCUT2D eigenvalue weighted by Crippen LogP contribution is 2.42. The Bertz CT molecular complexity index is 1990. The molecule has 2 aromatic heterocycles. The quantitative estimate of drug-likeness (QED) is 0.212. The molecular weight excluding hydrogens is 535 g/mol. The number of benzene rings is 5. The molecule has 8 rings (SSSR count). The van der Waals surface area contributed by atoms with Gasteiger partial charge in [-0.2, -0.15) is 0 Å². The minimum atomic E-state index is -0.272. The van der Waals surface area contributed by atoms with Crippen molar-refractivity contribution >= 4 is 72.1 Å². The van der Waals surface area contributed by atoms with Crippen molar-refractivity contribution in [3.63, 3.8) is 0 Å². The van der Waals surface area contributed by atoms with Crippen LogP contribution in [-0.4, -0.2) is 29.5 Å². The van der Waals surface area contributed by atoms with Crippen LogP contribution in [0.1, 0.15) is 0 Å². The molecule has 4 nitrogen and oxygen atoms in total. The molecule has 5 aromatic carbocycles. The molecule has 6 heteroatoms. The van der Waals surface area contributed by atoms with Gasteiger partial charge in [-0.3, -0.25) is 0 Å². The van der Waals surface area contributed by atoms with Gasteiger partial charge in [-0.15, -0.1) is 0 Å². The monoisotopic (exact) mass is 556 g/mol. The standard InChI is InChI=1S/C32H22BBrN2O2/c34-22-11-15-24(16-12-22)36-28-8-4-2-6-26(28)32-30(36)18-17-29-31(32)25-5-1-3-7-27(25)35(29)23-13-9-21(10-14-23)33-37-19-20-38-33/h1-18H,19-20H2. The Morgan fingerprint density at radius 1 is 0.526 bits per heavy atom. The number of hydrogen-bond acceptors (Lipinski definition) is 2. The van der Waals surface area contributed by atoms with Crippen LogP contribution in [0, 0.1) is 0 Å². The highest BCUT2D eigenvalue weighted by Gasteiger charge is 2.26. The second-order valence-corrected chi connectivity index (χ2v) is 10.6. The average Bonchev–Trinajstić information content (AvgIpc) is 3.69. The van der Waals surface area contributed by atoms with Crippen LogP contribution in [0.3, 0.4) is 0 Å². The number of aromatic nitrogens is 2. The third-order valence-corrected chi connectivity index (χ3v) is 8.13. The van der Waals surface area contributed by atoms with Gasteiger partial charge in [0.1, 0.15) is 0 Å².